The molecule has 2 rings (SSSR count). The van der Waals surface area contributed by atoms with Crippen molar-refractivity contribution in [2.24, 2.45) is 0 Å². The highest BCUT2D eigenvalue weighted by molar-refractivity contribution is 6.19. The molecular weight excluding hydrogens is 314 g/mol. The second-order valence-corrected chi connectivity index (χ2v) is 4.57. The highest BCUT2D eigenvalue weighted by Crippen LogP contribution is 2.26. The largest absolute Gasteiger partial charge is 0.501 e. The molecule has 0 atom stereocenters. The minimum Gasteiger partial charge on any atom is -0.501 e. The van der Waals surface area contributed by atoms with Gasteiger partial charge in [0.1, 0.15) is 25.6 Å². The van der Waals surface area contributed by atoms with Crippen LogP contribution in [-0.2, 0) is 20.9 Å². The summed E-state index contributed by atoms with van der Waals surface area (Å²) in [5.41, 5.74) is 0.746. The molecule has 0 radical (unpaired) electrons. The van der Waals surface area contributed by atoms with Crippen molar-refractivity contribution in [1.29, 1.82) is 0 Å². The Balaban J connectivity index is 1.97. The molecule has 0 unspecified atom stereocenters. The average molecular weight is 328 g/mol. The molecule has 0 aromatic heterocycles. The monoisotopic (exact) mass is 327 g/mol. The first-order chi connectivity index (χ1) is 10.7. The van der Waals surface area contributed by atoms with Gasteiger partial charge in [-0.05, 0) is 23.8 Å². The number of aliphatic hydroxyl groups is 1. The molecule has 5 nitrogen and oxygen atoms in total. The van der Waals surface area contributed by atoms with Crippen molar-refractivity contribution in [3.63, 3.8) is 0 Å². The Morgan fingerprint density at radius 1 is 1.27 bits per heavy atom. The molecule has 0 bridgehead atoms. The van der Waals surface area contributed by atoms with Gasteiger partial charge < -0.3 is 19.3 Å². The Morgan fingerprint density at radius 2 is 2.00 bits per heavy atom. The number of alkyl halides is 2. The number of carbonyl (C=O) groups excluding carboxylic acids is 1. The van der Waals surface area contributed by atoms with E-state index in [2.05, 4.69) is 0 Å². The van der Waals surface area contributed by atoms with E-state index in [0.29, 0.717) is 5.75 Å². The second kappa shape index (κ2) is 7.70. The topological polar surface area (TPSA) is 65.0 Å². The van der Waals surface area contributed by atoms with Crippen LogP contribution in [0, 0.1) is 0 Å². The summed E-state index contributed by atoms with van der Waals surface area (Å²) in [5.74, 6) is -0.763. The van der Waals surface area contributed by atoms with Crippen molar-refractivity contribution in [1.82, 2.24) is 0 Å². The Bertz CT molecular complexity index is 594. The molecule has 1 N–H and O–H groups in total. The minimum atomic E-state index is -0.767. The number of hydrogen-bond acceptors (Lipinski definition) is 5. The first kappa shape index (κ1) is 16.2. The molecule has 0 fully saturated rings. The summed E-state index contributed by atoms with van der Waals surface area (Å²) in [6.45, 7) is -0.497. The summed E-state index contributed by atoms with van der Waals surface area (Å²) in [5, 5.41) is 9.80. The maximum Gasteiger partial charge on any atom is 0.383 e. The van der Waals surface area contributed by atoms with Gasteiger partial charge >= 0.3 is 5.97 Å². The Morgan fingerprint density at radius 3 is 2.64 bits per heavy atom. The first-order valence-corrected chi connectivity index (χ1v) is 7.01. The summed E-state index contributed by atoms with van der Waals surface area (Å²) < 4.78 is 27.2. The Kier molecular flexibility index (Phi) is 5.66. The number of cyclic esters (lactones) is 1. The number of ether oxygens (including phenoxy) is 3. The standard InChI is InChI=1S/C15H14ClFO5/c16-6-5-12-13(18)14(15(19)22-12)21-9-10-1-3-11(4-2-10)20-8-7-17/h1-5,18H,6-9H2/b12-5+/i17-1. The lowest BCUT2D eigenvalue weighted by Gasteiger charge is -2.07. The number of hydrogen-bond donors (Lipinski definition) is 1. The van der Waals surface area contributed by atoms with Crippen molar-refractivity contribution in [2.75, 3.05) is 19.2 Å². The van der Waals surface area contributed by atoms with Crippen molar-refractivity contribution in [3.8, 4) is 5.75 Å². The molecule has 1 heterocycles. The number of allylic oxidation sites excluding steroid dienone is 1. The molecule has 1 aromatic carbocycles. The molecule has 22 heavy (non-hydrogen) atoms. The zero-order valence-electron chi connectivity index (χ0n) is 11.6. The highest BCUT2D eigenvalue weighted by Gasteiger charge is 2.31. The summed E-state index contributed by atoms with van der Waals surface area (Å²) in [6.07, 6.45) is 1.36. The van der Waals surface area contributed by atoms with Crippen LogP contribution in [0.3, 0.4) is 0 Å². The van der Waals surface area contributed by atoms with Gasteiger partial charge in [0.15, 0.2) is 5.76 Å². The zero-order valence-corrected chi connectivity index (χ0v) is 12.3. The molecule has 1 aromatic rings. The molecule has 0 saturated heterocycles. The average Bonchev–Trinajstić information content (AvgIpc) is 2.79. The summed E-state index contributed by atoms with van der Waals surface area (Å²) in [7, 11) is 0. The van der Waals surface area contributed by atoms with E-state index in [1.165, 1.54) is 6.08 Å². The number of aliphatic hydroxyl groups excluding tert-OH is 1. The second-order valence-electron chi connectivity index (χ2n) is 4.26. The van der Waals surface area contributed by atoms with Crippen LogP contribution in [0.4, 0.5) is 4.39 Å². The fraction of sp³-hybridized carbons (Fsp3) is 0.267. The third kappa shape index (κ3) is 3.92. The van der Waals surface area contributed by atoms with Gasteiger partial charge in [-0.1, -0.05) is 12.1 Å². The normalized spacial score (nSPS) is 16.1. The first-order valence-electron chi connectivity index (χ1n) is 6.48. The van der Waals surface area contributed by atoms with Crippen molar-refractivity contribution in [3.05, 3.63) is 53.2 Å². The van der Waals surface area contributed by atoms with Gasteiger partial charge in [0.05, 0.1) is 0 Å². The molecule has 1 aliphatic heterocycles. The van der Waals surface area contributed by atoms with Crippen molar-refractivity contribution < 1.29 is 28.5 Å². The van der Waals surface area contributed by atoms with Gasteiger partial charge in [-0.25, -0.2) is 9.18 Å². The van der Waals surface area contributed by atoms with Crippen LogP contribution in [0.2, 0.25) is 0 Å². The number of carbonyl (C=O) groups is 1. The van der Waals surface area contributed by atoms with Crippen LogP contribution in [0.25, 0.3) is 0 Å². The fourth-order valence-electron chi connectivity index (χ4n) is 1.73. The predicted molar refractivity (Wildman–Crippen MR) is 77.3 cm³/mol. The van der Waals surface area contributed by atoms with Crippen LogP contribution in [0.1, 0.15) is 5.56 Å². The molecule has 0 spiro atoms. The number of benzene rings is 1. The van der Waals surface area contributed by atoms with Crippen LogP contribution in [0.15, 0.2) is 47.6 Å². The van der Waals surface area contributed by atoms with Gasteiger partial charge in [-0.2, -0.15) is 0 Å². The van der Waals surface area contributed by atoms with Crippen molar-refractivity contribution >= 4 is 17.6 Å². The van der Waals surface area contributed by atoms with Crippen LogP contribution in [-0.4, -0.2) is 30.2 Å². The Hall–Kier alpha value is -2.21. The van der Waals surface area contributed by atoms with Gasteiger partial charge in [0.2, 0.25) is 5.76 Å². The Labute approximate surface area is 131 Å². The maximum absolute atomic E-state index is 12.0. The minimum absolute atomic E-state index is 0.00186. The van der Waals surface area contributed by atoms with E-state index in [4.69, 9.17) is 25.8 Å². The van der Waals surface area contributed by atoms with Gasteiger partial charge in [0, 0.05) is 5.88 Å². The number of esters is 1. The smallest absolute Gasteiger partial charge is 0.383 e. The number of rotatable bonds is 7. The molecule has 118 valence electrons. The van der Waals surface area contributed by atoms with E-state index < -0.39 is 12.6 Å². The predicted octanol–water partition coefficient (Wildman–Crippen LogP) is 3.00. The molecule has 0 saturated carbocycles. The lowest BCUT2D eigenvalue weighted by Crippen LogP contribution is -2.04. The summed E-state index contributed by atoms with van der Waals surface area (Å²) >= 11 is 5.49. The third-order valence-corrected chi connectivity index (χ3v) is 2.91. The van der Waals surface area contributed by atoms with Crippen molar-refractivity contribution in [2.45, 2.75) is 6.61 Å². The SMILES string of the molecule is O=C1O/C(=C/CCl)C(O)=C1OCc1ccc(OCC[18F])cc1. The van der Waals surface area contributed by atoms with E-state index in [9.17, 15) is 14.3 Å². The van der Waals surface area contributed by atoms with E-state index in [-0.39, 0.29) is 36.4 Å². The van der Waals surface area contributed by atoms with Crippen LogP contribution < -0.4 is 4.74 Å². The third-order valence-electron chi connectivity index (χ3n) is 2.75. The fourth-order valence-corrected chi connectivity index (χ4v) is 1.87. The lowest BCUT2D eigenvalue weighted by atomic mass is 10.2. The highest BCUT2D eigenvalue weighted by atomic mass is 35.5. The lowest BCUT2D eigenvalue weighted by molar-refractivity contribution is -0.136. The molecule has 1 aliphatic rings. The van der Waals surface area contributed by atoms with Gasteiger partial charge in [-0.3, -0.25) is 0 Å². The molecule has 7 heteroatoms. The number of halogens is 2. The van der Waals surface area contributed by atoms with Gasteiger partial charge in [0.25, 0.3) is 5.76 Å². The zero-order chi connectivity index (χ0) is 15.9. The van der Waals surface area contributed by atoms with E-state index in [1.54, 1.807) is 24.3 Å². The summed E-state index contributed by atoms with van der Waals surface area (Å²) in [4.78, 5) is 11.6. The van der Waals surface area contributed by atoms with E-state index in [1.807, 2.05) is 0 Å². The van der Waals surface area contributed by atoms with Gasteiger partial charge in [-0.15, -0.1) is 11.6 Å². The van der Waals surface area contributed by atoms with Crippen LogP contribution in [0.5, 0.6) is 5.75 Å². The van der Waals surface area contributed by atoms with E-state index >= 15 is 0 Å². The van der Waals surface area contributed by atoms with E-state index in [0.717, 1.165) is 5.56 Å². The molecule has 0 amide bonds. The molecule has 0 aliphatic carbocycles. The quantitative estimate of drug-likeness (QED) is 0.616. The van der Waals surface area contributed by atoms with Crippen LogP contribution >= 0.6 is 11.6 Å². The summed E-state index contributed by atoms with van der Waals surface area (Å²) in [6, 6.07) is 6.74. The maximum atomic E-state index is 12.0. The molecular formula is C15H14ClFO5.